The zero-order valence-corrected chi connectivity index (χ0v) is 20.8. The number of carbonyl (C=O) groups is 1. The molecule has 2 atom stereocenters. The summed E-state index contributed by atoms with van der Waals surface area (Å²) >= 11 is 6.48. The average Bonchev–Trinajstić information content (AvgIpc) is 3.35. The highest BCUT2D eigenvalue weighted by atomic mass is 35.5. The topological polar surface area (TPSA) is 85.0 Å². The van der Waals surface area contributed by atoms with Crippen molar-refractivity contribution >= 4 is 39.8 Å². The first-order valence-corrected chi connectivity index (χ1v) is 12.2. The lowest BCUT2D eigenvalue weighted by molar-refractivity contribution is 0.0197. The highest BCUT2D eigenvalue weighted by Crippen LogP contribution is 2.37. The van der Waals surface area contributed by atoms with E-state index in [-0.39, 0.29) is 34.2 Å². The van der Waals surface area contributed by atoms with Crippen molar-refractivity contribution in [3.05, 3.63) is 99.7 Å². The highest BCUT2D eigenvalue weighted by Gasteiger charge is 2.27. The molecular weight excluding hydrogens is 509 g/mol. The van der Waals surface area contributed by atoms with Crippen molar-refractivity contribution in [2.75, 3.05) is 18.5 Å². The Morgan fingerprint density at radius 1 is 1.21 bits per heavy atom. The minimum atomic E-state index is -0.431. The quantitative estimate of drug-likeness (QED) is 0.203. The van der Waals surface area contributed by atoms with E-state index in [9.17, 15) is 9.18 Å². The molecule has 2 N–H and O–H groups in total. The lowest BCUT2D eigenvalue weighted by atomic mass is 10.0. The fourth-order valence-corrected chi connectivity index (χ4v) is 4.68. The molecule has 4 aromatic rings. The number of aromatic nitrogens is 2. The van der Waals surface area contributed by atoms with E-state index in [1.807, 2.05) is 0 Å². The molecule has 5 rings (SSSR count). The van der Waals surface area contributed by atoms with E-state index < -0.39 is 5.82 Å². The highest BCUT2D eigenvalue weighted by molar-refractivity contribution is 6.36. The molecule has 0 radical (unpaired) electrons. The molecule has 0 spiro atoms. The van der Waals surface area contributed by atoms with Gasteiger partial charge in [-0.3, -0.25) is 4.79 Å². The van der Waals surface area contributed by atoms with Crippen LogP contribution >= 0.6 is 11.6 Å². The molecule has 0 saturated carbocycles. The second kappa shape index (κ2) is 10.9. The van der Waals surface area contributed by atoms with Crippen molar-refractivity contribution in [2.45, 2.75) is 25.0 Å². The molecule has 0 bridgehead atoms. The lowest BCUT2D eigenvalue weighted by Crippen LogP contribution is -2.35. The molecule has 1 fully saturated rings. The predicted molar refractivity (Wildman–Crippen MR) is 142 cm³/mol. The third-order valence-electron chi connectivity index (χ3n) is 6.28. The number of carbonyl (C=O) groups excluding carboxylic acids is 1. The summed E-state index contributed by atoms with van der Waals surface area (Å²) in [5, 5.41) is 4.03. The van der Waals surface area contributed by atoms with Gasteiger partial charge in [0.1, 0.15) is 29.1 Å². The summed E-state index contributed by atoms with van der Waals surface area (Å²) < 4.78 is 25.0. The summed E-state index contributed by atoms with van der Waals surface area (Å²) in [4.78, 5) is 28.0. The lowest BCUT2D eigenvalue weighted by Gasteiger charge is -2.28. The van der Waals surface area contributed by atoms with Crippen molar-refractivity contribution in [3.8, 4) is 11.5 Å². The summed E-state index contributed by atoms with van der Waals surface area (Å²) in [7, 11) is 0. The zero-order valence-electron chi connectivity index (χ0n) is 20.0. The predicted octanol–water partition coefficient (Wildman–Crippen LogP) is 6.81. The van der Waals surface area contributed by atoms with Crippen LogP contribution in [0.15, 0.2) is 54.9 Å². The third kappa shape index (κ3) is 5.16. The number of rotatable bonds is 7. The Kier molecular flexibility index (Phi) is 7.23. The normalized spacial score (nSPS) is 16.9. The van der Waals surface area contributed by atoms with Crippen molar-refractivity contribution < 1.29 is 18.7 Å². The number of anilines is 1. The van der Waals surface area contributed by atoms with Gasteiger partial charge in [-0.1, -0.05) is 17.7 Å². The average molecular weight is 530 g/mol. The van der Waals surface area contributed by atoms with Crippen LogP contribution in [0.1, 0.15) is 28.8 Å². The number of ether oxygens (including phenoxy) is 2. The number of halogens is 2. The molecule has 1 aliphatic heterocycles. The summed E-state index contributed by atoms with van der Waals surface area (Å²) in [6.45, 7) is 15.4. The maximum atomic E-state index is 13.6. The van der Waals surface area contributed by atoms with Crippen molar-refractivity contribution in [1.82, 2.24) is 9.97 Å². The molecule has 3 heterocycles. The number of hydrogen-bond acceptors (Lipinski definition) is 5. The molecule has 10 heteroatoms. The number of nitrogens with one attached hydrogen (secondary N) is 2. The Hall–Kier alpha value is -4.44. The van der Waals surface area contributed by atoms with Gasteiger partial charge in [-0.25, -0.2) is 20.8 Å². The molecule has 1 aliphatic rings. The second-order valence-corrected chi connectivity index (χ2v) is 9.21. The van der Waals surface area contributed by atoms with E-state index in [1.54, 1.807) is 24.4 Å². The molecule has 190 valence electrons. The molecule has 2 aromatic carbocycles. The number of pyridine rings is 1. The van der Waals surface area contributed by atoms with Gasteiger partial charge < -0.3 is 24.6 Å². The van der Waals surface area contributed by atoms with Crippen LogP contribution in [0.2, 0.25) is 5.02 Å². The van der Waals surface area contributed by atoms with Gasteiger partial charge in [0.05, 0.1) is 29.5 Å². The van der Waals surface area contributed by atoms with Crippen LogP contribution in [-0.4, -0.2) is 41.0 Å². The fraction of sp³-hybridized carbons (Fsp3) is 0.214. The Morgan fingerprint density at radius 2 is 2.05 bits per heavy atom. The molecule has 1 saturated heterocycles. The molecular formula is C28H21ClFN5O3. The number of ketones is 1. The molecule has 0 amide bonds. The number of nitrogens with zero attached hydrogens (tertiary/aromatic N) is 3. The van der Waals surface area contributed by atoms with Crippen LogP contribution in [0.4, 0.5) is 15.8 Å². The number of hydrogen-bond donors (Lipinski definition) is 2. The molecule has 2 aromatic heterocycles. The van der Waals surface area contributed by atoms with E-state index in [1.165, 1.54) is 30.5 Å². The van der Waals surface area contributed by atoms with Gasteiger partial charge in [-0.05, 0) is 37.1 Å². The maximum Gasteiger partial charge on any atom is 0.240 e. The summed E-state index contributed by atoms with van der Waals surface area (Å²) in [5.41, 5.74) is 1.77. The fourth-order valence-electron chi connectivity index (χ4n) is 4.42. The maximum absolute atomic E-state index is 13.6. The van der Waals surface area contributed by atoms with Crippen LogP contribution in [0, 0.1) is 19.0 Å². The van der Waals surface area contributed by atoms with Crippen LogP contribution in [0.25, 0.3) is 20.7 Å². The van der Waals surface area contributed by atoms with E-state index in [0.29, 0.717) is 46.9 Å². The first kappa shape index (κ1) is 25.2. The van der Waals surface area contributed by atoms with Crippen LogP contribution in [-0.2, 0) is 4.74 Å². The van der Waals surface area contributed by atoms with Gasteiger partial charge >= 0.3 is 0 Å². The van der Waals surface area contributed by atoms with Crippen LogP contribution in [0.3, 0.4) is 0 Å². The second-order valence-electron chi connectivity index (χ2n) is 8.80. The van der Waals surface area contributed by atoms with Crippen molar-refractivity contribution in [1.29, 1.82) is 0 Å². The van der Waals surface area contributed by atoms with Gasteiger partial charge in [0.25, 0.3) is 0 Å². The zero-order chi connectivity index (χ0) is 26.6. The Labute approximate surface area is 223 Å². The van der Waals surface area contributed by atoms with Gasteiger partial charge in [0, 0.05) is 41.5 Å². The standard InChI is InChI=1S/C28H21ClFN5O3/c1-31-12-20-7-6-17(15-37-20)35-26-24(32-2)14-34-28-25(26)22(13-33-28)27(36)21-9-8-19(11-23(21)29)38-18-5-3-4-16(30)10-18/h3-5,8-11,13-14,17,20H,6-7,12,15H2,(H2,33,34,35)/t17-,20+/m1/s1. The van der Waals surface area contributed by atoms with Crippen LogP contribution < -0.4 is 10.1 Å². The van der Waals surface area contributed by atoms with Gasteiger partial charge in [0.15, 0.2) is 5.78 Å². The van der Waals surface area contributed by atoms with Gasteiger partial charge in [-0.2, -0.15) is 0 Å². The van der Waals surface area contributed by atoms with Crippen molar-refractivity contribution in [2.24, 2.45) is 0 Å². The number of fused-ring (bicyclic) bond motifs is 1. The van der Waals surface area contributed by atoms with Crippen molar-refractivity contribution in [3.63, 3.8) is 0 Å². The SMILES string of the molecule is [C-]#[N+]C[C@@H]1CC[C@@H](Nc2c([N+]#[C-])cnc3[nH]cc(C(=O)c4ccc(Oc5cccc(F)c5)cc4Cl)c23)CO1. The van der Waals surface area contributed by atoms with Gasteiger partial charge in [0.2, 0.25) is 12.2 Å². The summed E-state index contributed by atoms with van der Waals surface area (Å²) in [5.74, 6) is -0.136. The summed E-state index contributed by atoms with van der Waals surface area (Å²) in [6.07, 6.45) is 4.39. The minimum absolute atomic E-state index is 0.0937. The van der Waals surface area contributed by atoms with E-state index >= 15 is 0 Å². The first-order chi connectivity index (χ1) is 18.5. The number of benzene rings is 2. The van der Waals surface area contributed by atoms with E-state index in [0.717, 1.165) is 12.8 Å². The molecule has 0 aliphatic carbocycles. The smallest absolute Gasteiger partial charge is 0.240 e. The number of aromatic amines is 1. The largest absolute Gasteiger partial charge is 0.457 e. The van der Waals surface area contributed by atoms with E-state index in [2.05, 4.69) is 25.0 Å². The van der Waals surface area contributed by atoms with Crippen LogP contribution in [0.5, 0.6) is 11.5 Å². The monoisotopic (exact) mass is 529 g/mol. The first-order valence-electron chi connectivity index (χ1n) is 11.8. The van der Waals surface area contributed by atoms with Gasteiger partial charge in [-0.15, -0.1) is 0 Å². The summed E-state index contributed by atoms with van der Waals surface area (Å²) in [6, 6.07) is 10.2. The Balaban J connectivity index is 1.44. The molecule has 38 heavy (non-hydrogen) atoms. The minimum Gasteiger partial charge on any atom is -0.457 e. The number of H-pyrrole nitrogens is 1. The Morgan fingerprint density at radius 3 is 2.76 bits per heavy atom. The molecule has 0 unspecified atom stereocenters. The third-order valence-corrected chi connectivity index (χ3v) is 6.59. The Bertz CT molecular complexity index is 1600. The molecule has 8 nitrogen and oxygen atoms in total. The van der Waals surface area contributed by atoms with E-state index in [4.69, 9.17) is 34.2 Å².